The van der Waals surface area contributed by atoms with Gasteiger partial charge in [0.1, 0.15) is 5.75 Å². The molecule has 2 aromatic rings. The van der Waals surface area contributed by atoms with Crippen LogP contribution in [0.3, 0.4) is 0 Å². The Morgan fingerprint density at radius 2 is 1.96 bits per heavy atom. The standard InChI is InChI=1S/C12H10N2O3S.C3H7NO2/c1-17-9-4-5-13-11(7-9)10-6-8(14(15)16)2-3-12(10)18;1-4(2)3(5)6/h2-7,18H,1H3;1-2H3,(H,5,6). The van der Waals surface area contributed by atoms with Crippen molar-refractivity contribution in [1.29, 1.82) is 0 Å². The normalized spacial score (nSPS) is 9.50. The number of rotatable bonds is 3. The van der Waals surface area contributed by atoms with Crippen molar-refractivity contribution in [3.05, 3.63) is 46.6 Å². The molecule has 1 amide bonds. The Bertz CT molecular complexity index is 737. The highest BCUT2D eigenvalue weighted by Gasteiger charge is 2.12. The number of pyridine rings is 1. The number of carbonyl (C=O) groups is 1. The van der Waals surface area contributed by atoms with E-state index in [0.717, 1.165) is 4.90 Å². The fraction of sp³-hybridized carbons (Fsp3) is 0.200. The highest BCUT2D eigenvalue weighted by atomic mass is 32.1. The Morgan fingerprint density at radius 3 is 2.46 bits per heavy atom. The predicted molar refractivity (Wildman–Crippen MR) is 91.8 cm³/mol. The number of nitrogens with zero attached hydrogens (tertiary/aromatic N) is 3. The fourth-order valence-electron chi connectivity index (χ4n) is 1.53. The van der Waals surface area contributed by atoms with Crippen LogP contribution < -0.4 is 4.74 Å². The Kier molecular flexibility index (Phi) is 6.99. The molecule has 0 radical (unpaired) electrons. The minimum Gasteiger partial charge on any atom is -0.497 e. The molecule has 8 nitrogen and oxygen atoms in total. The molecular formula is C15H17N3O5S. The van der Waals surface area contributed by atoms with Crippen molar-refractivity contribution in [3.8, 4) is 17.0 Å². The van der Waals surface area contributed by atoms with Crippen LogP contribution in [0.25, 0.3) is 11.3 Å². The van der Waals surface area contributed by atoms with E-state index in [1.165, 1.54) is 26.2 Å². The molecule has 0 aliphatic heterocycles. The van der Waals surface area contributed by atoms with Crippen LogP contribution in [0.4, 0.5) is 10.5 Å². The smallest absolute Gasteiger partial charge is 0.406 e. The van der Waals surface area contributed by atoms with Crippen molar-refractivity contribution >= 4 is 24.4 Å². The first-order valence-corrected chi connectivity index (χ1v) is 7.09. The van der Waals surface area contributed by atoms with E-state index in [2.05, 4.69) is 17.6 Å². The third kappa shape index (κ3) is 5.43. The monoisotopic (exact) mass is 351 g/mol. The Labute approximate surface area is 144 Å². The number of hydrogen-bond acceptors (Lipinski definition) is 6. The van der Waals surface area contributed by atoms with Gasteiger partial charge in [-0.2, -0.15) is 0 Å². The highest BCUT2D eigenvalue weighted by Crippen LogP contribution is 2.30. The molecule has 2 rings (SSSR count). The summed E-state index contributed by atoms with van der Waals surface area (Å²) in [6, 6.07) is 7.85. The second-order valence-corrected chi connectivity index (χ2v) is 5.20. The molecule has 9 heteroatoms. The van der Waals surface area contributed by atoms with Crippen LogP contribution in [0.1, 0.15) is 0 Å². The average Bonchev–Trinajstić information content (AvgIpc) is 2.55. The van der Waals surface area contributed by atoms with Gasteiger partial charge in [-0.15, -0.1) is 12.6 Å². The van der Waals surface area contributed by atoms with Gasteiger partial charge in [-0.1, -0.05) is 0 Å². The number of non-ortho nitro benzene ring substituents is 1. The molecule has 0 spiro atoms. The van der Waals surface area contributed by atoms with E-state index in [1.54, 1.807) is 31.5 Å². The number of hydrogen-bond donors (Lipinski definition) is 2. The quantitative estimate of drug-likeness (QED) is 0.500. The van der Waals surface area contributed by atoms with Crippen molar-refractivity contribution in [2.24, 2.45) is 0 Å². The lowest BCUT2D eigenvalue weighted by Gasteiger charge is -2.06. The number of carboxylic acid groups (broad SMARTS) is 1. The predicted octanol–water partition coefficient (Wildman–Crippen LogP) is 3.18. The number of thiol groups is 1. The summed E-state index contributed by atoms with van der Waals surface area (Å²) in [6.07, 6.45) is 0.676. The van der Waals surface area contributed by atoms with Gasteiger partial charge in [-0.3, -0.25) is 15.1 Å². The first-order valence-electron chi connectivity index (χ1n) is 6.64. The van der Waals surface area contributed by atoms with Gasteiger partial charge in [0.05, 0.1) is 17.7 Å². The molecule has 0 saturated carbocycles. The molecule has 1 aromatic heterocycles. The molecular weight excluding hydrogens is 334 g/mol. The summed E-state index contributed by atoms with van der Waals surface area (Å²) in [7, 11) is 4.50. The van der Waals surface area contributed by atoms with Gasteiger partial charge in [0.15, 0.2) is 0 Å². The van der Waals surface area contributed by atoms with Gasteiger partial charge in [0, 0.05) is 49.0 Å². The van der Waals surface area contributed by atoms with Crippen molar-refractivity contribution in [1.82, 2.24) is 9.88 Å². The molecule has 1 aromatic carbocycles. The van der Waals surface area contributed by atoms with Gasteiger partial charge in [0.2, 0.25) is 0 Å². The number of benzene rings is 1. The SMILES string of the molecule is CN(C)C(=O)O.COc1ccnc(-c2cc([N+](=O)[O-])ccc2S)c1. The number of ether oxygens (including phenoxy) is 1. The summed E-state index contributed by atoms with van der Waals surface area (Å²) in [6.45, 7) is 0. The Balaban J connectivity index is 0.000000413. The molecule has 128 valence electrons. The molecule has 0 bridgehead atoms. The largest absolute Gasteiger partial charge is 0.497 e. The highest BCUT2D eigenvalue weighted by molar-refractivity contribution is 7.80. The molecule has 24 heavy (non-hydrogen) atoms. The zero-order valence-electron chi connectivity index (χ0n) is 13.3. The zero-order chi connectivity index (χ0) is 18.3. The summed E-state index contributed by atoms with van der Waals surface area (Å²) >= 11 is 4.29. The molecule has 0 aliphatic rings. The maximum absolute atomic E-state index is 10.8. The summed E-state index contributed by atoms with van der Waals surface area (Å²) in [4.78, 5) is 25.8. The maximum Gasteiger partial charge on any atom is 0.406 e. The van der Waals surface area contributed by atoms with Crippen LogP contribution in [0.15, 0.2) is 41.4 Å². The summed E-state index contributed by atoms with van der Waals surface area (Å²) in [5, 5.41) is 18.7. The van der Waals surface area contributed by atoms with Crippen LogP contribution in [0, 0.1) is 10.1 Å². The van der Waals surface area contributed by atoms with Gasteiger partial charge in [-0.25, -0.2) is 4.79 Å². The van der Waals surface area contributed by atoms with E-state index in [-0.39, 0.29) is 5.69 Å². The number of methoxy groups -OCH3 is 1. The number of aromatic nitrogens is 1. The Morgan fingerprint density at radius 1 is 1.33 bits per heavy atom. The molecule has 1 N–H and O–H groups in total. The number of nitro benzene ring substituents is 1. The third-order valence-electron chi connectivity index (χ3n) is 2.82. The van der Waals surface area contributed by atoms with Crippen molar-refractivity contribution < 1.29 is 19.6 Å². The lowest BCUT2D eigenvalue weighted by Crippen LogP contribution is -2.18. The van der Waals surface area contributed by atoms with Crippen LogP contribution in [-0.4, -0.2) is 47.2 Å². The topological polar surface area (TPSA) is 106 Å². The van der Waals surface area contributed by atoms with Crippen molar-refractivity contribution in [3.63, 3.8) is 0 Å². The molecule has 1 heterocycles. The van der Waals surface area contributed by atoms with E-state index in [9.17, 15) is 14.9 Å². The summed E-state index contributed by atoms with van der Waals surface area (Å²) in [5.41, 5.74) is 1.20. The molecule has 0 aliphatic carbocycles. The maximum atomic E-state index is 10.8. The van der Waals surface area contributed by atoms with Crippen LogP contribution >= 0.6 is 12.6 Å². The van der Waals surface area contributed by atoms with Crippen molar-refractivity contribution in [2.75, 3.05) is 21.2 Å². The van der Waals surface area contributed by atoms with Crippen LogP contribution in [0.5, 0.6) is 5.75 Å². The average molecular weight is 351 g/mol. The lowest BCUT2D eigenvalue weighted by atomic mass is 10.1. The number of amides is 1. The van der Waals surface area contributed by atoms with Gasteiger partial charge in [-0.05, 0) is 12.1 Å². The van der Waals surface area contributed by atoms with Gasteiger partial charge >= 0.3 is 6.09 Å². The van der Waals surface area contributed by atoms with Crippen LogP contribution in [0.2, 0.25) is 0 Å². The number of nitro groups is 1. The van der Waals surface area contributed by atoms with Crippen molar-refractivity contribution in [2.45, 2.75) is 4.90 Å². The van der Waals surface area contributed by atoms with Crippen LogP contribution in [-0.2, 0) is 0 Å². The second kappa shape index (κ2) is 8.73. The minimum atomic E-state index is -0.907. The van der Waals surface area contributed by atoms with E-state index in [4.69, 9.17) is 9.84 Å². The second-order valence-electron chi connectivity index (χ2n) is 4.72. The van der Waals surface area contributed by atoms with E-state index in [0.29, 0.717) is 21.9 Å². The minimum absolute atomic E-state index is 0.00687. The lowest BCUT2D eigenvalue weighted by molar-refractivity contribution is -0.384. The molecule has 0 unspecified atom stereocenters. The molecule has 0 fully saturated rings. The first-order chi connectivity index (χ1) is 11.3. The summed E-state index contributed by atoms with van der Waals surface area (Å²) < 4.78 is 5.10. The van der Waals surface area contributed by atoms with Gasteiger partial charge < -0.3 is 14.7 Å². The third-order valence-corrected chi connectivity index (χ3v) is 3.21. The van der Waals surface area contributed by atoms with E-state index in [1.807, 2.05) is 0 Å². The summed E-state index contributed by atoms with van der Waals surface area (Å²) in [5.74, 6) is 0.638. The van der Waals surface area contributed by atoms with Gasteiger partial charge in [0.25, 0.3) is 5.69 Å². The van der Waals surface area contributed by atoms with E-state index >= 15 is 0 Å². The fourth-order valence-corrected chi connectivity index (χ4v) is 1.78. The molecule has 0 atom stereocenters. The zero-order valence-corrected chi connectivity index (χ0v) is 14.2. The first kappa shape index (κ1) is 19.2. The Hall–Kier alpha value is -2.81. The molecule has 0 saturated heterocycles. The van der Waals surface area contributed by atoms with E-state index < -0.39 is 11.0 Å².